The van der Waals surface area contributed by atoms with E-state index in [2.05, 4.69) is 14.9 Å². The summed E-state index contributed by atoms with van der Waals surface area (Å²) in [4.78, 5) is -0.00927. The van der Waals surface area contributed by atoms with Crippen LogP contribution in [0, 0.1) is 22.7 Å². The van der Waals surface area contributed by atoms with Gasteiger partial charge in [0.2, 0.25) is 0 Å². The molecule has 19 heavy (non-hydrogen) atoms. The van der Waals surface area contributed by atoms with Crippen LogP contribution in [-0.2, 0) is 10.0 Å². The van der Waals surface area contributed by atoms with Crippen LogP contribution >= 0.6 is 0 Å². The standard InChI is InChI=1S/C11H7N5O2S/c12-5-8-1-3-10(4-2-8)19(17,18)16-11-9(6-13)7-14-15-11/h1-4,7H,(H2,14,15,16). The highest BCUT2D eigenvalue weighted by molar-refractivity contribution is 7.92. The third kappa shape index (κ3) is 2.54. The number of hydrogen-bond donors (Lipinski definition) is 2. The number of anilines is 1. The third-order valence-electron chi connectivity index (χ3n) is 2.29. The van der Waals surface area contributed by atoms with Gasteiger partial charge < -0.3 is 0 Å². The molecule has 0 saturated heterocycles. The van der Waals surface area contributed by atoms with Crippen molar-refractivity contribution in [3.63, 3.8) is 0 Å². The van der Waals surface area contributed by atoms with E-state index in [1.807, 2.05) is 6.07 Å². The minimum absolute atomic E-state index is 0.00635. The van der Waals surface area contributed by atoms with Crippen molar-refractivity contribution in [2.75, 3.05) is 4.72 Å². The molecule has 0 aliphatic rings. The number of aromatic amines is 1. The molecule has 1 aromatic heterocycles. The highest BCUT2D eigenvalue weighted by Gasteiger charge is 2.17. The number of aromatic nitrogens is 2. The van der Waals surface area contributed by atoms with E-state index in [9.17, 15) is 8.42 Å². The van der Waals surface area contributed by atoms with Crippen molar-refractivity contribution in [1.29, 1.82) is 10.5 Å². The highest BCUT2D eigenvalue weighted by atomic mass is 32.2. The minimum Gasteiger partial charge on any atom is -0.263 e. The normalized spacial score (nSPS) is 10.4. The summed E-state index contributed by atoms with van der Waals surface area (Å²) in [7, 11) is -3.82. The molecule has 0 saturated carbocycles. The van der Waals surface area contributed by atoms with Gasteiger partial charge in [-0.1, -0.05) is 0 Å². The quantitative estimate of drug-likeness (QED) is 0.862. The molecular formula is C11H7N5O2S. The average Bonchev–Trinajstić information content (AvgIpc) is 2.85. The van der Waals surface area contributed by atoms with Crippen LogP contribution in [0.15, 0.2) is 35.4 Å². The molecule has 0 aliphatic heterocycles. The van der Waals surface area contributed by atoms with E-state index in [-0.39, 0.29) is 16.3 Å². The van der Waals surface area contributed by atoms with Crippen LogP contribution in [0.4, 0.5) is 5.82 Å². The van der Waals surface area contributed by atoms with E-state index < -0.39 is 10.0 Å². The van der Waals surface area contributed by atoms with Crippen molar-refractivity contribution < 1.29 is 8.42 Å². The van der Waals surface area contributed by atoms with Gasteiger partial charge in [-0.25, -0.2) is 8.42 Å². The van der Waals surface area contributed by atoms with Gasteiger partial charge in [-0.3, -0.25) is 9.82 Å². The Morgan fingerprint density at radius 2 is 1.84 bits per heavy atom. The Bertz CT molecular complexity index is 778. The molecule has 0 spiro atoms. The van der Waals surface area contributed by atoms with Crippen LogP contribution < -0.4 is 4.72 Å². The van der Waals surface area contributed by atoms with E-state index in [1.165, 1.54) is 30.5 Å². The zero-order valence-electron chi connectivity index (χ0n) is 9.45. The van der Waals surface area contributed by atoms with Crippen LogP contribution in [-0.4, -0.2) is 18.6 Å². The van der Waals surface area contributed by atoms with Crippen molar-refractivity contribution in [1.82, 2.24) is 10.2 Å². The lowest BCUT2D eigenvalue weighted by Crippen LogP contribution is -2.14. The first kappa shape index (κ1) is 12.6. The first-order valence-electron chi connectivity index (χ1n) is 5.03. The average molecular weight is 273 g/mol. The molecule has 0 radical (unpaired) electrons. The van der Waals surface area contributed by atoms with Crippen molar-refractivity contribution >= 4 is 15.8 Å². The predicted molar refractivity (Wildman–Crippen MR) is 65.3 cm³/mol. The molecule has 0 atom stereocenters. The number of rotatable bonds is 3. The molecule has 0 fully saturated rings. The van der Waals surface area contributed by atoms with Gasteiger partial charge in [-0.15, -0.1) is 0 Å². The molecule has 2 rings (SSSR count). The van der Waals surface area contributed by atoms with Gasteiger partial charge in [0.15, 0.2) is 5.82 Å². The lowest BCUT2D eigenvalue weighted by atomic mass is 10.2. The van der Waals surface area contributed by atoms with E-state index in [1.54, 1.807) is 6.07 Å². The molecule has 8 heteroatoms. The second-order valence-corrected chi connectivity index (χ2v) is 5.19. The summed E-state index contributed by atoms with van der Waals surface area (Å²) in [5.41, 5.74) is 0.454. The summed E-state index contributed by atoms with van der Waals surface area (Å²) in [6.07, 6.45) is 1.22. The number of H-pyrrole nitrogens is 1. The number of nitrogens with one attached hydrogen (secondary N) is 2. The van der Waals surface area contributed by atoms with Gasteiger partial charge in [0, 0.05) is 0 Å². The van der Waals surface area contributed by atoms with Crippen molar-refractivity contribution in [2.45, 2.75) is 4.90 Å². The van der Waals surface area contributed by atoms with Crippen molar-refractivity contribution in [3.05, 3.63) is 41.6 Å². The maximum absolute atomic E-state index is 12.0. The Balaban J connectivity index is 2.33. The van der Waals surface area contributed by atoms with Gasteiger partial charge in [-0.2, -0.15) is 15.6 Å². The molecule has 0 unspecified atom stereocenters. The molecule has 2 aromatic rings. The number of hydrogen-bond acceptors (Lipinski definition) is 5. The summed E-state index contributed by atoms with van der Waals surface area (Å²) in [6.45, 7) is 0. The molecule has 7 nitrogen and oxygen atoms in total. The van der Waals surface area contributed by atoms with Crippen LogP contribution in [0.3, 0.4) is 0 Å². The van der Waals surface area contributed by atoms with E-state index in [0.717, 1.165) is 0 Å². The smallest absolute Gasteiger partial charge is 0.263 e. The summed E-state index contributed by atoms with van der Waals surface area (Å²) < 4.78 is 26.3. The minimum atomic E-state index is -3.82. The molecule has 0 amide bonds. The first-order chi connectivity index (χ1) is 9.06. The van der Waals surface area contributed by atoms with Crippen molar-refractivity contribution in [3.8, 4) is 12.1 Å². The lowest BCUT2D eigenvalue weighted by molar-refractivity contribution is 0.601. The Morgan fingerprint density at radius 3 is 2.42 bits per heavy atom. The Kier molecular flexibility index (Phi) is 3.19. The van der Waals surface area contributed by atoms with Gasteiger partial charge in [0.1, 0.15) is 11.6 Å². The largest absolute Gasteiger partial charge is 0.263 e. The number of nitriles is 2. The number of benzene rings is 1. The lowest BCUT2D eigenvalue weighted by Gasteiger charge is -2.06. The number of nitrogens with zero attached hydrogens (tertiary/aromatic N) is 3. The Morgan fingerprint density at radius 1 is 1.16 bits per heavy atom. The molecule has 0 aliphatic carbocycles. The first-order valence-corrected chi connectivity index (χ1v) is 6.51. The van der Waals surface area contributed by atoms with Gasteiger partial charge in [0.25, 0.3) is 10.0 Å². The molecule has 94 valence electrons. The molecule has 2 N–H and O–H groups in total. The molecule has 1 heterocycles. The highest BCUT2D eigenvalue weighted by Crippen LogP contribution is 2.17. The zero-order valence-corrected chi connectivity index (χ0v) is 10.3. The summed E-state index contributed by atoms with van der Waals surface area (Å²) in [5, 5.41) is 23.4. The second-order valence-electron chi connectivity index (χ2n) is 3.51. The molecule has 0 bridgehead atoms. The van der Waals surface area contributed by atoms with E-state index in [0.29, 0.717) is 5.56 Å². The Labute approximate surface area is 109 Å². The topological polar surface area (TPSA) is 122 Å². The van der Waals surface area contributed by atoms with Crippen LogP contribution in [0.1, 0.15) is 11.1 Å². The fraction of sp³-hybridized carbons (Fsp3) is 0. The van der Waals surface area contributed by atoms with Gasteiger partial charge in [0.05, 0.1) is 22.7 Å². The van der Waals surface area contributed by atoms with E-state index >= 15 is 0 Å². The summed E-state index contributed by atoms with van der Waals surface area (Å²) in [6, 6.07) is 9.11. The summed E-state index contributed by atoms with van der Waals surface area (Å²) in [5.74, 6) is 0.00635. The maximum Gasteiger partial charge on any atom is 0.263 e. The van der Waals surface area contributed by atoms with E-state index in [4.69, 9.17) is 10.5 Å². The monoisotopic (exact) mass is 273 g/mol. The summed E-state index contributed by atoms with van der Waals surface area (Å²) >= 11 is 0. The van der Waals surface area contributed by atoms with Gasteiger partial charge in [-0.05, 0) is 24.3 Å². The van der Waals surface area contributed by atoms with Crippen molar-refractivity contribution in [2.24, 2.45) is 0 Å². The van der Waals surface area contributed by atoms with Crippen LogP contribution in [0.25, 0.3) is 0 Å². The fourth-order valence-corrected chi connectivity index (χ4v) is 2.39. The zero-order chi connectivity index (χ0) is 13.9. The van der Waals surface area contributed by atoms with Gasteiger partial charge >= 0.3 is 0 Å². The predicted octanol–water partition coefficient (Wildman–Crippen LogP) is 0.954. The SMILES string of the molecule is N#Cc1ccc(S(=O)(=O)Nc2[nH]ncc2C#N)cc1. The number of sulfonamides is 1. The fourth-order valence-electron chi connectivity index (χ4n) is 1.35. The molecular weight excluding hydrogens is 266 g/mol. The second kappa shape index (κ2) is 4.80. The Hall–Kier alpha value is -2.84. The third-order valence-corrected chi connectivity index (χ3v) is 3.66. The maximum atomic E-state index is 12.0. The molecule has 1 aromatic carbocycles. The van der Waals surface area contributed by atoms with Crippen LogP contribution in [0.2, 0.25) is 0 Å². The van der Waals surface area contributed by atoms with Crippen LogP contribution in [0.5, 0.6) is 0 Å².